The number of methoxy groups -OCH3 is 1. The molecule has 1 aromatic rings. The smallest absolute Gasteiger partial charge is 0.243 e. The summed E-state index contributed by atoms with van der Waals surface area (Å²) in [6.45, 7) is 4.66. The van der Waals surface area contributed by atoms with Crippen molar-refractivity contribution in [2.24, 2.45) is 5.73 Å². The Morgan fingerprint density at radius 3 is 2.69 bits per heavy atom. The zero-order valence-corrected chi connectivity index (χ0v) is 16.6. The summed E-state index contributed by atoms with van der Waals surface area (Å²) in [6, 6.07) is 3.18. The average Bonchev–Trinajstić information content (AvgIpc) is 2.62. The fourth-order valence-electron chi connectivity index (χ4n) is 3.33. The number of nitrogens with two attached hydrogens (primary N) is 1. The summed E-state index contributed by atoms with van der Waals surface area (Å²) >= 11 is 0. The molecule has 3 N–H and O–H groups in total. The van der Waals surface area contributed by atoms with Gasteiger partial charge in [0.15, 0.2) is 0 Å². The number of carbonyl (C=O) groups excluding carboxylic acids is 1. The van der Waals surface area contributed by atoms with Crippen molar-refractivity contribution in [2.75, 3.05) is 26.7 Å². The van der Waals surface area contributed by atoms with Gasteiger partial charge in [-0.1, -0.05) is 6.42 Å². The maximum absolute atomic E-state index is 13.3. The Morgan fingerprint density at radius 2 is 2.04 bits per heavy atom. The van der Waals surface area contributed by atoms with E-state index in [1.54, 1.807) is 26.2 Å². The van der Waals surface area contributed by atoms with Gasteiger partial charge in [0.25, 0.3) is 0 Å². The Bertz CT molecular complexity index is 749. The molecule has 0 aromatic heterocycles. The fourth-order valence-corrected chi connectivity index (χ4v) is 5.32. The van der Waals surface area contributed by atoms with Gasteiger partial charge in [-0.25, -0.2) is 8.42 Å². The number of rotatable bonds is 7. The van der Waals surface area contributed by atoms with Crippen LogP contribution in [0.25, 0.3) is 0 Å². The zero-order chi connectivity index (χ0) is 19.3. The van der Waals surface area contributed by atoms with Crippen LogP contribution in [-0.4, -0.2) is 51.4 Å². The SMILES string of the molecule is COc1cc(C)c(S(=O)(=O)N2CCCCC2CNC(=O)CCN)cc1C. The van der Waals surface area contributed by atoms with Crippen molar-refractivity contribution in [1.29, 1.82) is 0 Å². The van der Waals surface area contributed by atoms with Crippen molar-refractivity contribution in [3.8, 4) is 5.75 Å². The first-order valence-electron chi connectivity index (χ1n) is 8.95. The van der Waals surface area contributed by atoms with Crippen LogP contribution in [0.1, 0.15) is 36.8 Å². The molecular formula is C18H29N3O4S. The van der Waals surface area contributed by atoms with Crippen LogP contribution < -0.4 is 15.8 Å². The Morgan fingerprint density at radius 1 is 1.31 bits per heavy atom. The third kappa shape index (κ3) is 4.55. The lowest BCUT2D eigenvalue weighted by Gasteiger charge is -2.35. The minimum absolute atomic E-state index is 0.146. The molecule has 0 saturated carbocycles. The van der Waals surface area contributed by atoms with Crippen LogP contribution in [0.5, 0.6) is 5.75 Å². The lowest BCUT2D eigenvalue weighted by atomic mass is 10.1. The molecule has 1 fully saturated rings. The second kappa shape index (κ2) is 8.83. The summed E-state index contributed by atoms with van der Waals surface area (Å²) in [5.41, 5.74) is 6.82. The molecule has 1 amide bonds. The average molecular weight is 384 g/mol. The molecule has 0 bridgehead atoms. The Kier molecular flexibility index (Phi) is 7.02. The highest BCUT2D eigenvalue weighted by atomic mass is 32.2. The number of ether oxygens (including phenoxy) is 1. The molecule has 0 aliphatic carbocycles. The molecule has 1 atom stereocenters. The summed E-state index contributed by atoms with van der Waals surface area (Å²) in [5.74, 6) is 0.526. The first-order chi connectivity index (χ1) is 12.3. The lowest BCUT2D eigenvalue weighted by molar-refractivity contribution is -0.121. The molecule has 2 rings (SSSR count). The molecular weight excluding hydrogens is 354 g/mol. The number of aryl methyl sites for hydroxylation is 2. The van der Waals surface area contributed by atoms with E-state index in [4.69, 9.17) is 10.5 Å². The summed E-state index contributed by atoms with van der Waals surface area (Å²) in [7, 11) is -2.08. The lowest BCUT2D eigenvalue weighted by Crippen LogP contribution is -2.49. The van der Waals surface area contributed by atoms with Gasteiger partial charge >= 0.3 is 0 Å². The largest absolute Gasteiger partial charge is 0.496 e. The second-order valence-corrected chi connectivity index (χ2v) is 8.55. The van der Waals surface area contributed by atoms with Gasteiger partial charge in [0.2, 0.25) is 15.9 Å². The normalized spacial score (nSPS) is 18.5. The van der Waals surface area contributed by atoms with E-state index < -0.39 is 10.0 Å². The summed E-state index contributed by atoms with van der Waals surface area (Å²) in [5, 5.41) is 2.81. The molecule has 1 unspecified atom stereocenters. The van der Waals surface area contributed by atoms with E-state index in [9.17, 15) is 13.2 Å². The van der Waals surface area contributed by atoms with Crippen LogP contribution in [0.15, 0.2) is 17.0 Å². The number of benzene rings is 1. The number of carbonyl (C=O) groups is 1. The van der Waals surface area contributed by atoms with Crippen LogP contribution in [0.4, 0.5) is 0 Å². The van der Waals surface area contributed by atoms with Crippen LogP contribution in [-0.2, 0) is 14.8 Å². The van der Waals surface area contributed by atoms with E-state index in [1.165, 1.54) is 4.31 Å². The minimum Gasteiger partial charge on any atom is -0.496 e. The van der Waals surface area contributed by atoms with Crippen molar-refractivity contribution < 1.29 is 17.9 Å². The molecule has 26 heavy (non-hydrogen) atoms. The number of piperidine rings is 1. The van der Waals surface area contributed by atoms with Gasteiger partial charge < -0.3 is 15.8 Å². The van der Waals surface area contributed by atoms with Crippen molar-refractivity contribution in [1.82, 2.24) is 9.62 Å². The summed E-state index contributed by atoms with van der Waals surface area (Å²) < 4.78 is 33.4. The molecule has 7 nitrogen and oxygen atoms in total. The van der Waals surface area contributed by atoms with E-state index in [2.05, 4.69) is 5.32 Å². The predicted octanol–water partition coefficient (Wildman–Crippen LogP) is 1.32. The molecule has 0 radical (unpaired) electrons. The zero-order valence-electron chi connectivity index (χ0n) is 15.7. The Balaban J connectivity index is 2.27. The van der Waals surface area contributed by atoms with E-state index in [1.807, 2.05) is 6.92 Å². The van der Waals surface area contributed by atoms with Crippen LogP contribution in [0, 0.1) is 13.8 Å². The molecule has 8 heteroatoms. The molecule has 1 aromatic carbocycles. The maximum Gasteiger partial charge on any atom is 0.243 e. The van der Waals surface area contributed by atoms with Crippen molar-refractivity contribution >= 4 is 15.9 Å². The monoisotopic (exact) mass is 383 g/mol. The van der Waals surface area contributed by atoms with Crippen LogP contribution >= 0.6 is 0 Å². The number of hydrogen-bond acceptors (Lipinski definition) is 5. The second-order valence-electron chi connectivity index (χ2n) is 6.70. The van der Waals surface area contributed by atoms with Gasteiger partial charge in [-0.15, -0.1) is 0 Å². The summed E-state index contributed by atoms with van der Waals surface area (Å²) in [4.78, 5) is 12.0. The van der Waals surface area contributed by atoms with Gasteiger partial charge in [0.05, 0.1) is 12.0 Å². The Labute approximate surface area is 155 Å². The van der Waals surface area contributed by atoms with Gasteiger partial charge in [0.1, 0.15) is 5.75 Å². The number of amides is 1. The van der Waals surface area contributed by atoms with Crippen LogP contribution in [0.3, 0.4) is 0 Å². The van der Waals surface area contributed by atoms with Gasteiger partial charge in [0, 0.05) is 32.1 Å². The highest BCUT2D eigenvalue weighted by Gasteiger charge is 2.34. The molecule has 0 spiro atoms. The third-order valence-corrected chi connectivity index (χ3v) is 6.85. The van der Waals surface area contributed by atoms with Gasteiger partial charge in [-0.3, -0.25) is 4.79 Å². The maximum atomic E-state index is 13.3. The molecule has 1 aliphatic rings. The van der Waals surface area contributed by atoms with Crippen LogP contribution in [0.2, 0.25) is 0 Å². The molecule has 146 valence electrons. The standard InChI is InChI=1S/C18H29N3O4S/c1-13-11-17(14(2)10-16(13)25-3)26(23,24)21-9-5-4-6-15(21)12-20-18(22)7-8-19/h10-11,15H,4-9,12,19H2,1-3H3,(H,20,22). The topological polar surface area (TPSA) is 102 Å². The number of nitrogens with one attached hydrogen (secondary N) is 1. The number of sulfonamides is 1. The van der Waals surface area contributed by atoms with Crippen molar-refractivity contribution in [3.63, 3.8) is 0 Å². The number of hydrogen-bond donors (Lipinski definition) is 2. The first kappa shape index (κ1) is 20.7. The van der Waals surface area contributed by atoms with Crippen molar-refractivity contribution in [3.05, 3.63) is 23.3 Å². The third-order valence-electron chi connectivity index (χ3n) is 4.76. The number of nitrogens with zero attached hydrogens (tertiary/aromatic N) is 1. The highest BCUT2D eigenvalue weighted by molar-refractivity contribution is 7.89. The quantitative estimate of drug-likeness (QED) is 0.739. The highest BCUT2D eigenvalue weighted by Crippen LogP contribution is 2.30. The van der Waals surface area contributed by atoms with E-state index in [0.717, 1.165) is 24.8 Å². The molecule has 1 heterocycles. The fraction of sp³-hybridized carbons (Fsp3) is 0.611. The van der Waals surface area contributed by atoms with Gasteiger partial charge in [-0.05, 0) is 49.9 Å². The first-order valence-corrected chi connectivity index (χ1v) is 10.4. The minimum atomic E-state index is -3.65. The molecule has 1 saturated heterocycles. The van der Waals surface area contributed by atoms with E-state index in [0.29, 0.717) is 29.3 Å². The van der Waals surface area contributed by atoms with E-state index in [-0.39, 0.29) is 24.9 Å². The summed E-state index contributed by atoms with van der Waals surface area (Å²) in [6.07, 6.45) is 2.75. The van der Waals surface area contributed by atoms with Crippen molar-refractivity contribution in [2.45, 2.75) is 50.5 Å². The Hall–Kier alpha value is -1.64. The molecule has 1 aliphatic heterocycles. The van der Waals surface area contributed by atoms with E-state index >= 15 is 0 Å². The predicted molar refractivity (Wildman–Crippen MR) is 101 cm³/mol. The van der Waals surface area contributed by atoms with Gasteiger partial charge in [-0.2, -0.15) is 4.31 Å².